The Hall–Kier alpha value is -3.44. The van der Waals surface area contributed by atoms with Gasteiger partial charge >= 0.3 is 11.9 Å². The Balaban J connectivity index is 3.42. The average Bonchev–Trinajstić information content (AvgIpc) is 3.49. The molecule has 0 saturated heterocycles. The molecule has 0 fully saturated rings. The zero-order chi connectivity index (χ0) is 59.1. The van der Waals surface area contributed by atoms with Gasteiger partial charge in [0.2, 0.25) is 0 Å². The molecule has 5 heteroatoms. The number of ether oxygens (including phenoxy) is 2. The topological polar surface area (TPSA) is 72.8 Å². The normalized spacial score (nSPS) is 12.9. The fraction of sp³-hybridized carbons (Fsp3) is 0.740. The molecule has 82 heavy (non-hydrogen) atoms. The van der Waals surface area contributed by atoms with Crippen LogP contribution in [0.15, 0.2) is 109 Å². The monoisotopic (exact) mass is 1140 g/mol. The Morgan fingerprint density at radius 1 is 0.280 bits per heavy atom. The minimum atomic E-state index is -0.777. The highest BCUT2D eigenvalue weighted by Gasteiger charge is 2.16. The largest absolute Gasteiger partial charge is 0.462 e. The first-order valence-corrected chi connectivity index (χ1v) is 35.4. The Kier molecular flexibility index (Phi) is 68.8. The van der Waals surface area contributed by atoms with Crippen LogP contribution in [0.4, 0.5) is 0 Å². The molecule has 0 spiro atoms. The molecule has 1 unspecified atom stereocenters. The standard InChI is InChI=1S/C77H134O5/c1-3-5-7-9-11-13-15-17-19-21-23-25-27-29-31-33-34-35-36-37-38-39-40-41-42-44-45-47-49-51-53-55-57-59-61-63-65-67-69-71-76(79)81-74-75(73-78)82-77(80)72-70-68-66-64-62-60-58-56-54-52-50-48-46-43-32-30-28-26-24-22-20-18-16-14-12-10-8-6-4-2/h5-8,11-14,17-20,23-26,30,32,75,78H,3-4,9-10,15-16,21-22,27-29,31,33-74H2,1-2H3/b7-5-,8-6-,13-11-,14-12-,19-17-,20-18-,25-23-,26-24-,32-30-. The van der Waals surface area contributed by atoms with E-state index in [1.165, 1.54) is 225 Å². The highest BCUT2D eigenvalue weighted by Crippen LogP contribution is 2.18. The SMILES string of the molecule is CC/C=C\C/C=C\C/C=C\C/C=C\C/C=C\CCCCCCCCCCCCCCCC(=O)OC(CO)COC(=O)CCCCCCCCCCCCCCCCCCCCCCCCCCCC/C=C\C/C=C\C/C=C\C/C=C\CC. The Bertz CT molecular complexity index is 1570. The summed E-state index contributed by atoms with van der Waals surface area (Å²) in [4.78, 5) is 24.7. The quantitative estimate of drug-likeness (QED) is 0.0373. The summed E-state index contributed by atoms with van der Waals surface area (Å²) < 4.78 is 10.8. The van der Waals surface area contributed by atoms with Crippen molar-refractivity contribution in [3.8, 4) is 0 Å². The number of hydrogen-bond acceptors (Lipinski definition) is 5. The molecule has 0 heterocycles. The first-order chi connectivity index (χ1) is 40.6. The lowest BCUT2D eigenvalue weighted by molar-refractivity contribution is -0.161. The van der Waals surface area contributed by atoms with Gasteiger partial charge in [-0.1, -0.05) is 348 Å². The fourth-order valence-electron chi connectivity index (χ4n) is 10.3. The van der Waals surface area contributed by atoms with E-state index in [2.05, 4.69) is 123 Å². The van der Waals surface area contributed by atoms with Crippen LogP contribution >= 0.6 is 0 Å². The molecule has 0 aliphatic carbocycles. The van der Waals surface area contributed by atoms with Gasteiger partial charge in [-0.15, -0.1) is 0 Å². The molecule has 0 amide bonds. The summed E-state index contributed by atoms with van der Waals surface area (Å²) in [5.74, 6) is -0.579. The predicted octanol–water partition coefficient (Wildman–Crippen LogP) is 24.8. The smallest absolute Gasteiger partial charge is 0.306 e. The van der Waals surface area contributed by atoms with E-state index in [0.717, 1.165) is 96.3 Å². The van der Waals surface area contributed by atoms with Gasteiger partial charge in [0.05, 0.1) is 6.61 Å². The molecular weight excluding hydrogens is 1000 g/mol. The van der Waals surface area contributed by atoms with Gasteiger partial charge in [-0.25, -0.2) is 0 Å². The number of esters is 2. The number of aliphatic hydroxyl groups is 1. The van der Waals surface area contributed by atoms with Gasteiger partial charge < -0.3 is 14.6 Å². The Morgan fingerprint density at radius 3 is 0.732 bits per heavy atom. The summed E-state index contributed by atoms with van der Waals surface area (Å²) in [6, 6.07) is 0. The number of aliphatic hydroxyl groups excluding tert-OH is 1. The second-order valence-corrected chi connectivity index (χ2v) is 23.6. The first kappa shape index (κ1) is 78.6. The van der Waals surface area contributed by atoms with Gasteiger partial charge in [0.15, 0.2) is 6.10 Å². The lowest BCUT2D eigenvalue weighted by atomic mass is 10.0. The second-order valence-electron chi connectivity index (χ2n) is 23.6. The Morgan fingerprint density at radius 2 is 0.488 bits per heavy atom. The number of unbranched alkanes of at least 4 members (excludes halogenated alkanes) is 39. The van der Waals surface area contributed by atoms with Crippen molar-refractivity contribution in [1.29, 1.82) is 0 Å². The van der Waals surface area contributed by atoms with E-state index >= 15 is 0 Å². The zero-order valence-corrected chi connectivity index (χ0v) is 54.2. The minimum Gasteiger partial charge on any atom is -0.462 e. The summed E-state index contributed by atoms with van der Waals surface area (Å²) in [5.41, 5.74) is 0. The number of carbonyl (C=O) groups excluding carboxylic acids is 2. The number of rotatable bonds is 65. The van der Waals surface area contributed by atoms with Crippen LogP contribution in [0, 0.1) is 0 Å². The van der Waals surface area contributed by atoms with E-state index < -0.39 is 6.10 Å². The van der Waals surface area contributed by atoms with Crippen LogP contribution in [0.1, 0.15) is 348 Å². The van der Waals surface area contributed by atoms with Gasteiger partial charge in [-0.05, 0) is 96.3 Å². The van der Waals surface area contributed by atoms with Gasteiger partial charge in [0.1, 0.15) is 6.61 Å². The van der Waals surface area contributed by atoms with Gasteiger partial charge in [0.25, 0.3) is 0 Å². The molecule has 1 N–H and O–H groups in total. The van der Waals surface area contributed by atoms with E-state index in [9.17, 15) is 14.7 Å². The molecule has 0 radical (unpaired) electrons. The highest BCUT2D eigenvalue weighted by atomic mass is 16.6. The van der Waals surface area contributed by atoms with Crippen LogP contribution < -0.4 is 0 Å². The maximum atomic E-state index is 12.4. The van der Waals surface area contributed by atoms with E-state index in [1.54, 1.807) is 0 Å². The minimum absolute atomic E-state index is 0.0659. The van der Waals surface area contributed by atoms with Crippen LogP contribution in [-0.2, 0) is 19.1 Å². The van der Waals surface area contributed by atoms with E-state index in [-0.39, 0.29) is 25.2 Å². The first-order valence-electron chi connectivity index (χ1n) is 35.4. The molecular formula is C77H134O5. The van der Waals surface area contributed by atoms with Crippen molar-refractivity contribution in [2.45, 2.75) is 354 Å². The summed E-state index contributed by atoms with van der Waals surface area (Å²) >= 11 is 0. The molecule has 0 aliphatic rings. The average molecular weight is 1140 g/mol. The van der Waals surface area contributed by atoms with Crippen molar-refractivity contribution >= 4 is 11.9 Å². The maximum Gasteiger partial charge on any atom is 0.306 e. The van der Waals surface area contributed by atoms with E-state index in [0.29, 0.717) is 12.8 Å². The molecule has 0 aromatic carbocycles. The van der Waals surface area contributed by atoms with Crippen molar-refractivity contribution in [3.63, 3.8) is 0 Å². The molecule has 0 aliphatic heterocycles. The van der Waals surface area contributed by atoms with Crippen molar-refractivity contribution in [2.75, 3.05) is 13.2 Å². The summed E-state index contributed by atoms with van der Waals surface area (Å²) in [5, 5.41) is 9.71. The third kappa shape index (κ3) is 69.1. The number of hydrogen-bond donors (Lipinski definition) is 1. The van der Waals surface area contributed by atoms with Crippen molar-refractivity contribution in [3.05, 3.63) is 109 Å². The third-order valence-electron chi connectivity index (χ3n) is 15.6. The van der Waals surface area contributed by atoms with Crippen molar-refractivity contribution in [1.82, 2.24) is 0 Å². The number of carbonyl (C=O) groups is 2. The molecule has 0 aromatic heterocycles. The van der Waals surface area contributed by atoms with Crippen molar-refractivity contribution in [2.24, 2.45) is 0 Å². The Labute approximate surface area is 510 Å². The lowest BCUT2D eigenvalue weighted by Gasteiger charge is -2.15. The van der Waals surface area contributed by atoms with Crippen LogP contribution in [0.3, 0.4) is 0 Å². The van der Waals surface area contributed by atoms with E-state index in [1.807, 2.05) is 0 Å². The van der Waals surface area contributed by atoms with Crippen LogP contribution in [0.5, 0.6) is 0 Å². The maximum absolute atomic E-state index is 12.4. The molecule has 472 valence electrons. The molecule has 0 saturated carbocycles. The molecule has 5 nitrogen and oxygen atoms in total. The van der Waals surface area contributed by atoms with Gasteiger partial charge in [-0.2, -0.15) is 0 Å². The van der Waals surface area contributed by atoms with E-state index in [4.69, 9.17) is 9.47 Å². The zero-order valence-electron chi connectivity index (χ0n) is 54.2. The lowest BCUT2D eigenvalue weighted by Crippen LogP contribution is -2.28. The number of allylic oxidation sites excluding steroid dienone is 18. The van der Waals surface area contributed by atoms with Crippen LogP contribution in [0.25, 0.3) is 0 Å². The third-order valence-corrected chi connectivity index (χ3v) is 15.6. The summed E-state index contributed by atoms with van der Waals surface area (Å²) in [6.07, 6.45) is 104. The highest BCUT2D eigenvalue weighted by molar-refractivity contribution is 5.70. The second kappa shape index (κ2) is 71.8. The molecule has 0 rings (SSSR count). The summed E-state index contributed by atoms with van der Waals surface area (Å²) in [6.45, 7) is 3.95. The molecule has 0 bridgehead atoms. The molecule has 1 atom stereocenters. The van der Waals surface area contributed by atoms with Gasteiger partial charge in [0, 0.05) is 12.8 Å². The van der Waals surface area contributed by atoms with Crippen LogP contribution in [0.2, 0.25) is 0 Å². The predicted molar refractivity (Wildman–Crippen MR) is 362 cm³/mol. The van der Waals surface area contributed by atoms with Crippen LogP contribution in [-0.4, -0.2) is 36.4 Å². The fourth-order valence-corrected chi connectivity index (χ4v) is 10.3. The van der Waals surface area contributed by atoms with Gasteiger partial charge in [-0.3, -0.25) is 9.59 Å². The molecule has 0 aromatic rings. The van der Waals surface area contributed by atoms with Crippen molar-refractivity contribution < 1.29 is 24.2 Å². The summed E-state index contributed by atoms with van der Waals surface area (Å²) in [7, 11) is 0.